The van der Waals surface area contributed by atoms with Crippen LogP contribution in [0.15, 0.2) is 82.4 Å². The van der Waals surface area contributed by atoms with Crippen LogP contribution >= 0.6 is 15.9 Å². The quantitative estimate of drug-likeness (QED) is 0.509. The fourth-order valence-electron chi connectivity index (χ4n) is 3.80. The third-order valence-corrected chi connectivity index (χ3v) is 5.77. The molecular weight excluding hydrogens is 400 g/mol. The maximum absolute atomic E-state index is 6.38. The van der Waals surface area contributed by atoms with E-state index in [1.54, 1.807) is 0 Å². The van der Waals surface area contributed by atoms with E-state index >= 15 is 0 Å². The van der Waals surface area contributed by atoms with E-state index in [1.165, 1.54) is 16.7 Å². The van der Waals surface area contributed by atoms with Gasteiger partial charge >= 0.3 is 0 Å². The number of ether oxygens (including phenoxy) is 1. The van der Waals surface area contributed by atoms with Gasteiger partial charge in [0.1, 0.15) is 5.75 Å². The van der Waals surface area contributed by atoms with Crippen LogP contribution < -0.4 is 4.74 Å². The molecule has 0 aromatic heterocycles. The maximum Gasteiger partial charge on any atom is 0.213 e. The lowest BCUT2D eigenvalue weighted by atomic mass is 9.95. The van der Waals surface area contributed by atoms with Crippen molar-refractivity contribution in [3.8, 4) is 5.75 Å². The second-order valence-corrected chi connectivity index (χ2v) is 7.99. The van der Waals surface area contributed by atoms with E-state index in [4.69, 9.17) is 9.84 Å². The molecule has 3 nitrogen and oxygen atoms in total. The molecule has 2 aliphatic heterocycles. The van der Waals surface area contributed by atoms with Crippen molar-refractivity contribution in [2.75, 3.05) is 0 Å². The van der Waals surface area contributed by atoms with E-state index in [1.807, 2.05) is 6.07 Å². The van der Waals surface area contributed by atoms with Crippen LogP contribution in [0.3, 0.4) is 0 Å². The van der Waals surface area contributed by atoms with E-state index in [0.717, 1.165) is 27.9 Å². The van der Waals surface area contributed by atoms with Crippen molar-refractivity contribution >= 4 is 21.6 Å². The van der Waals surface area contributed by atoms with Crippen molar-refractivity contribution in [1.29, 1.82) is 0 Å². The van der Waals surface area contributed by atoms with Crippen molar-refractivity contribution in [1.82, 2.24) is 5.01 Å². The van der Waals surface area contributed by atoms with E-state index in [9.17, 15) is 0 Å². The average Bonchev–Trinajstić information content (AvgIpc) is 3.14. The number of rotatable bonds is 2. The summed E-state index contributed by atoms with van der Waals surface area (Å²) in [5, 5.41) is 7.13. The lowest BCUT2D eigenvalue weighted by Crippen LogP contribution is -2.33. The van der Waals surface area contributed by atoms with Crippen molar-refractivity contribution in [2.45, 2.75) is 25.6 Å². The fraction of sp³-hybridized carbons (Fsp3) is 0.174. The molecule has 0 aliphatic carbocycles. The molecule has 0 unspecified atom stereocenters. The minimum atomic E-state index is -0.221. The van der Waals surface area contributed by atoms with Gasteiger partial charge in [0.2, 0.25) is 6.23 Å². The number of fused-ring (bicyclic) bond motifs is 3. The van der Waals surface area contributed by atoms with Gasteiger partial charge in [-0.1, -0.05) is 76.1 Å². The van der Waals surface area contributed by atoms with Crippen molar-refractivity contribution < 1.29 is 4.74 Å². The number of para-hydroxylation sites is 1. The van der Waals surface area contributed by atoms with Crippen molar-refractivity contribution in [2.24, 2.45) is 5.10 Å². The molecule has 27 heavy (non-hydrogen) atoms. The molecule has 4 heteroatoms. The van der Waals surface area contributed by atoms with Gasteiger partial charge in [-0.25, -0.2) is 5.01 Å². The first-order valence-electron chi connectivity index (χ1n) is 9.13. The van der Waals surface area contributed by atoms with Crippen molar-refractivity contribution in [3.63, 3.8) is 0 Å². The van der Waals surface area contributed by atoms with Crippen LogP contribution in [-0.2, 0) is 0 Å². The van der Waals surface area contributed by atoms with Crippen LogP contribution in [-0.4, -0.2) is 10.7 Å². The van der Waals surface area contributed by atoms with Gasteiger partial charge < -0.3 is 4.74 Å². The lowest BCUT2D eigenvalue weighted by molar-refractivity contribution is -0.0190. The molecule has 0 spiro atoms. The topological polar surface area (TPSA) is 24.8 Å². The van der Waals surface area contributed by atoms with Crippen LogP contribution in [0.1, 0.15) is 40.9 Å². The highest BCUT2D eigenvalue weighted by Crippen LogP contribution is 2.47. The van der Waals surface area contributed by atoms with Gasteiger partial charge in [-0.15, -0.1) is 0 Å². The molecule has 2 atom stereocenters. The number of aryl methyl sites for hydroxylation is 1. The van der Waals surface area contributed by atoms with Crippen LogP contribution in [0.4, 0.5) is 0 Å². The van der Waals surface area contributed by atoms with E-state index in [2.05, 4.69) is 94.6 Å². The SMILES string of the molecule is Cc1ccc(C2=NN3[C@@H](c4ccc(Br)cc4)Oc4ccccc4[C@@H]3C2)cc1. The Bertz CT molecular complexity index is 1010. The molecule has 2 aliphatic rings. The maximum atomic E-state index is 6.38. The fourth-order valence-corrected chi connectivity index (χ4v) is 4.07. The molecule has 5 rings (SSSR count). The minimum absolute atomic E-state index is 0.194. The first-order valence-corrected chi connectivity index (χ1v) is 9.92. The molecule has 0 amide bonds. The molecule has 0 fully saturated rings. The summed E-state index contributed by atoms with van der Waals surface area (Å²) in [5.74, 6) is 0.951. The Morgan fingerprint density at radius 3 is 2.48 bits per heavy atom. The predicted octanol–water partition coefficient (Wildman–Crippen LogP) is 6.00. The van der Waals surface area contributed by atoms with Crippen LogP contribution in [0.2, 0.25) is 0 Å². The smallest absolute Gasteiger partial charge is 0.213 e. The molecule has 0 saturated carbocycles. The third-order valence-electron chi connectivity index (χ3n) is 5.24. The Morgan fingerprint density at radius 1 is 0.963 bits per heavy atom. The molecule has 2 heterocycles. The second kappa shape index (κ2) is 6.54. The number of halogens is 1. The van der Waals surface area contributed by atoms with Gasteiger partial charge in [-0.3, -0.25) is 0 Å². The molecule has 3 aromatic rings. The number of benzene rings is 3. The second-order valence-electron chi connectivity index (χ2n) is 7.07. The zero-order valence-electron chi connectivity index (χ0n) is 15.0. The molecule has 0 N–H and O–H groups in total. The molecule has 134 valence electrons. The zero-order valence-corrected chi connectivity index (χ0v) is 16.6. The molecule has 3 aromatic carbocycles. The van der Waals surface area contributed by atoms with Gasteiger partial charge in [0, 0.05) is 22.0 Å². The summed E-state index contributed by atoms with van der Waals surface area (Å²) in [6, 6.07) is 25.4. The highest BCUT2D eigenvalue weighted by Gasteiger charge is 2.40. The summed E-state index contributed by atoms with van der Waals surface area (Å²) >= 11 is 3.52. The van der Waals surface area contributed by atoms with Crippen LogP contribution in [0.25, 0.3) is 0 Å². The lowest BCUT2D eigenvalue weighted by Gasteiger charge is -2.38. The molecule has 0 saturated heterocycles. The van der Waals surface area contributed by atoms with Crippen molar-refractivity contribution in [3.05, 3.63) is 99.5 Å². The average molecular weight is 419 g/mol. The summed E-state index contributed by atoms with van der Waals surface area (Å²) in [6.45, 7) is 2.11. The van der Waals surface area contributed by atoms with E-state index < -0.39 is 0 Å². The Morgan fingerprint density at radius 2 is 1.70 bits per heavy atom. The van der Waals surface area contributed by atoms with Gasteiger partial charge in [-0.2, -0.15) is 5.10 Å². The van der Waals surface area contributed by atoms with Gasteiger partial charge in [0.05, 0.1) is 11.8 Å². The highest BCUT2D eigenvalue weighted by molar-refractivity contribution is 9.10. The molecule has 0 bridgehead atoms. The molecular formula is C23H19BrN2O. The summed E-state index contributed by atoms with van der Waals surface area (Å²) in [7, 11) is 0. The highest BCUT2D eigenvalue weighted by atomic mass is 79.9. The monoisotopic (exact) mass is 418 g/mol. The van der Waals surface area contributed by atoms with E-state index in [-0.39, 0.29) is 12.3 Å². The summed E-state index contributed by atoms with van der Waals surface area (Å²) in [6.07, 6.45) is 0.664. The first kappa shape index (κ1) is 16.6. The number of hydrogen-bond acceptors (Lipinski definition) is 3. The Labute approximate surface area is 167 Å². The first-order chi connectivity index (χ1) is 13.2. The third kappa shape index (κ3) is 2.94. The summed E-state index contributed by atoms with van der Waals surface area (Å²) in [4.78, 5) is 0. The Hall–Kier alpha value is -2.59. The Kier molecular flexibility index (Phi) is 4.01. The van der Waals surface area contributed by atoms with E-state index in [0.29, 0.717) is 0 Å². The Balaban J connectivity index is 1.58. The summed E-state index contributed by atoms with van der Waals surface area (Å²) in [5.41, 5.74) is 5.87. The summed E-state index contributed by atoms with van der Waals surface area (Å²) < 4.78 is 7.44. The number of nitrogens with zero attached hydrogens (tertiary/aromatic N) is 2. The normalized spacial score (nSPS) is 20.5. The number of hydrogen-bond donors (Lipinski definition) is 0. The van der Waals surface area contributed by atoms with Gasteiger partial charge in [0.25, 0.3) is 0 Å². The van der Waals surface area contributed by atoms with Gasteiger partial charge in [-0.05, 0) is 30.7 Å². The zero-order chi connectivity index (χ0) is 18.4. The molecule has 0 radical (unpaired) electrons. The largest absolute Gasteiger partial charge is 0.464 e. The van der Waals surface area contributed by atoms with Crippen LogP contribution in [0.5, 0.6) is 5.75 Å². The number of hydrazone groups is 1. The predicted molar refractivity (Wildman–Crippen MR) is 111 cm³/mol. The standard InChI is InChI=1S/C23H19BrN2O/c1-15-6-8-16(9-7-15)20-14-21-19-4-2-3-5-22(19)27-23(26(21)25-20)17-10-12-18(24)13-11-17/h2-13,21,23H,14H2,1H3/t21-,23+/m0/s1. The van der Waals surface area contributed by atoms with Crippen LogP contribution in [0, 0.1) is 6.92 Å². The van der Waals surface area contributed by atoms with Gasteiger partial charge in [0.15, 0.2) is 0 Å². The minimum Gasteiger partial charge on any atom is -0.464 e.